The number of benzene rings is 3. The zero-order chi connectivity index (χ0) is 25.4. The summed E-state index contributed by atoms with van der Waals surface area (Å²) >= 11 is 6.18. The maximum Gasteiger partial charge on any atom is 0.251 e. The lowest BCUT2D eigenvalue weighted by molar-refractivity contribution is 0.0954. The van der Waals surface area contributed by atoms with E-state index in [1.54, 1.807) is 18.2 Å². The highest BCUT2D eigenvalue weighted by Crippen LogP contribution is 2.23. The molecule has 0 saturated heterocycles. The molecular formula is C28H33ClN2O4. The van der Waals surface area contributed by atoms with Crippen molar-refractivity contribution in [3.05, 3.63) is 99.6 Å². The number of carbonyl (C=O) groups excluding carboxylic acids is 1. The fourth-order valence-corrected chi connectivity index (χ4v) is 4.17. The predicted molar refractivity (Wildman–Crippen MR) is 139 cm³/mol. The van der Waals surface area contributed by atoms with Gasteiger partial charge >= 0.3 is 0 Å². The van der Waals surface area contributed by atoms with Crippen molar-refractivity contribution in [2.75, 3.05) is 13.1 Å². The summed E-state index contributed by atoms with van der Waals surface area (Å²) in [6, 6.07) is 19.8. The molecule has 3 aromatic rings. The van der Waals surface area contributed by atoms with Crippen LogP contribution in [0.4, 0.5) is 0 Å². The van der Waals surface area contributed by atoms with E-state index >= 15 is 0 Å². The van der Waals surface area contributed by atoms with Gasteiger partial charge in [0, 0.05) is 34.8 Å². The van der Waals surface area contributed by atoms with Crippen molar-refractivity contribution in [3.8, 4) is 5.75 Å². The molecule has 6 nitrogen and oxygen atoms in total. The van der Waals surface area contributed by atoms with E-state index in [1.165, 1.54) is 6.07 Å². The third kappa shape index (κ3) is 7.80. The molecule has 0 spiro atoms. The Labute approximate surface area is 211 Å². The maximum atomic E-state index is 12.7. The molecule has 0 unspecified atom stereocenters. The normalized spacial score (nSPS) is 12.4. The Morgan fingerprint density at radius 1 is 1.03 bits per heavy atom. The van der Waals surface area contributed by atoms with Crippen LogP contribution in [-0.2, 0) is 19.4 Å². The summed E-state index contributed by atoms with van der Waals surface area (Å²) < 4.78 is 0. The molecular weight excluding hydrogens is 464 g/mol. The summed E-state index contributed by atoms with van der Waals surface area (Å²) in [5.74, 6) is -0.128. The number of aliphatic hydroxyl groups excluding tert-OH is 2. The summed E-state index contributed by atoms with van der Waals surface area (Å²) in [5, 5.41) is 36.7. The minimum atomic E-state index is -0.796. The van der Waals surface area contributed by atoms with Gasteiger partial charge in [0.25, 0.3) is 5.91 Å². The predicted octanol–water partition coefficient (Wildman–Crippen LogP) is 4.15. The monoisotopic (exact) mass is 496 g/mol. The standard InChI is InChI=1S/C28H33ClN2O4/c1-28(2,31-17-26(34)21-10-11-25(33)23(15-21)18-32)16-19-6-5-8-22(14-19)27(35)30-13-12-20-7-3-4-9-24(20)29/h3-11,14-15,26,31-34H,12-13,16-18H2,1-2H3,(H,30,35)/t26-/m0/s1. The van der Waals surface area contributed by atoms with Crippen molar-refractivity contribution >= 4 is 17.5 Å². The van der Waals surface area contributed by atoms with Gasteiger partial charge in [0.15, 0.2) is 0 Å². The molecule has 1 atom stereocenters. The molecule has 0 aliphatic heterocycles. The third-order valence-electron chi connectivity index (χ3n) is 5.91. The van der Waals surface area contributed by atoms with E-state index in [9.17, 15) is 20.1 Å². The number of amides is 1. The van der Waals surface area contributed by atoms with E-state index in [0.29, 0.717) is 47.6 Å². The summed E-state index contributed by atoms with van der Waals surface area (Å²) in [7, 11) is 0. The van der Waals surface area contributed by atoms with Crippen LogP contribution in [0.3, 0.4) is 0 Å². The van der Waals surface area contributed by atoms with E-state index in [-0.39, 0.29) is 23.8 Å². The number of nitrogens with one attached hydrogen (secondary N) is 2. The fourth-order valence-electron chi connectivity index (χ4n) is 3.94. The van der Waals surface area contributed by atoms with Gasteiger partial charge in [-0.2, -0.15) is 0 Å². The second-order valence-electron chi connectivity index (χ2n) is 9.30. The van der Waals surface area contributed by atoms with E-state index < -0.39 is 6.10 Å². The lowest BCUT2D eigenvalue weighted by atomic mass is 9.93. The molecule has 0 radical (unpaired) electrons. The van der Waals surface area contributed by atoms with Crippen LogP contribution in [0.5, 0.6) is 5.75 Å². The Morgan fingerprint density at radius 2 is 1.80 bits per heavy atom. The SMILES string of the molecule is CC(C)(Cc1cccc(C(=O)NCCc2ccccc2Cl)c1)NC[C@H](O)c1ccc(O)c(CO)c1. The van der Waals surface area contributed by atoms with Crippen molar-refractivity contribution in [1.29, 1.82) is 0 Å². The quantitative estimate of drug-likeness (QED) is 0.274. The summed E-state index contributed by atoms with van der Waals surface area (Å²) in [5.41, 5.74) is 3.24. The number of hydrogen-bond donors (Lipinski definition) is 5. The van der Waals surface area contributed by atoms with E-state index in [0.717, 1.165) is 11.1 Å². The van der Waals surface area contributed by atoms with E-state index in [4.69, 9.17) is 11.6 Å². The first-order valence-corrected chi connectivity index (χ1v) is 12.0. The van der Waals surface area contributed by atoms with Gasteiger partial charge in [-0.25, -0.2) is 0 Å². The van der Waals surface area contributed by atoms with E-state index in [2.05, 4.69) is 10.6 Å². The molecule has 5 N–H and O–H groups in total. The van der Waals surface area contributed by atoms with Crippen LogP contribution in [0.2, 0.25) is 5.02 Å². The highest BCUT2D eigenvalue weighted by molar-refractivity contribution is 6.31. The number of hydrogen-bond acceptors (Lipinski definition) is 5. The zero-order valence-electron chi connectivity index (χ0n) is 20.1. The van der Waals surface area contributed by atoms with Gasteiger partial charge in [0.05, 0.1) is 12.7 Å². The molecule has 186 valence electrons. The van der Waals surface area contributed by atoms with Crippen LogP contribution in [0.1, 0.15) is 52.6 Å². The first-order chi connectivity index (χ1) is 16.7. The second kappa shape index (κ2) is 12.2. The highest BCUT2D eigenvalue weighted by Gasteiger charge is 2.21. The Hall–Kier alpha value is -2.90. The molecule has 7 heteroatoms. The van der Waals surface area contributed by atoms with Crippen LogP contribution in [-0.4, -0.2) is 39.9 Å². The number of phenols is 1. The van der Waals surface area contributed by atoms with Crippen molar-refractivity contribution in [3.63, 3.8) is 0 Å². The van der Waals surface area contributed by atoms with Gasteiger partial charge in [-0.15, -0.1) is 0 Å². The summed E-state index contributed by atoms with van der Waals surface area (Å²) in [4.78, 5) is 12.7. The number of β-amino-alcohol motifs (C(OH)–C–C–N with tert-alkyl or cyclic N) is 1. The minimum absolute atomic E-state index is 0.00419. The minimum Gasteiger partial charge on any atom is -0.508 e. The molecule has 0 saturated carbocycles. The van der Waals surface area contributed by atoms with Crippen LogP contribution < -0.4 is 10.6 Å². The Bertz CT molecular complexity index is 1150. The average molecular weight is 497 g/mol. The molecule has 3 rings (SSSR count). The zero-order valence-corrected chi connectivity index (χ0v) is 20.8. The first kappa shape index (κ1) is 26.7. The smallest absolute Gasteiger partial charge is 0.251 e. The largest absolute Gasteiger partial charge is 0.508 e. The topological polar surface area (TPSA) is 102 Å². The van der Waals surface area contributed by atoms with Crippen LogP contribution in [0, 0.1) is 0 Å². The molecule has 0 aliphatic rings. The lowest BCUT2D eigenvalue weighted by Crippen LogP contribution is -2.43. The average Bonchev–Trinajstić information content (AvgIpc) is 2.84. The van der Waals surface area contributed by atoms with Gasteiger partial charge in [0.1, 0.15) is 5.75 Å². The third-order valence-corrected chi connectivity index (χ3v) is 6.27. The molecule has 1 amide bonds. The molecule has 0 fully saturated rings. The molecule has 0 bridgehead atoms. The fraction of sp³-hybridized carbons (Fsp3) is 0.321. The Morgan fingerprint density at radius 3 is 2.54 bits per heavy atom. The summed E-state index contributed by atoms with van der Waals surface area (Å²) in [6.45, 7) is 4.56. The number of rotatable bonds is 11. The van der Waals surface area contributed by atoms with Gasteiger partial charge in [-0.1, -0.05) is 48.0 Å². The molecule has 3 aromatic carbocycles. The molecule has 0 aromatic heterocycles. The highest BCUT2D eigenvalue weighted by atomic mass is 35.5. The van der Waals surface area contributed by atoms with Gasteiger partial charge in [-0.05, 0) is 73.7 Å². The number of aromatic hydroxyl groups is 1. The van der Waals surface area contributed by atoms with Crippen molar-refractivity contribution in [2.24, 2.45) is 0 Å². The molecule has 35 heavy (non-hydrogen) atoms. The Kier molecular flexibility index (Phi) is 9.29. The van der Waals surface area contributed by atoms with Crippen LogP contribution >= 0.6 is 11.6 Å². The molecule has 0 aliphatic carbocycles. The van der Waals surface area contributed by atoms with Crippen LogP contribution in [0.25, 0.3) is 0 Å². The van der Waals surface area contributed by atoms with Crippen molar-refractivity contribution in [2.45, 2.75) is 44.9 Å². The number of aliphatic hydroxyl groups is 2. The molecule has 0 heterocycles. The van der Waals surface area contributed by atoms with Crippen LogP contribution in [0.15, 0.2) is 66.7 Å². The Balaban J connectivity index is 1.54. The van der Waals surface area contributed by atoms with Crippen molar-refractivity contribution < 1.29 is 20.1 Å². The van der Waals surface area contributed by atoms with Gasteiger partial charge in [-0.3, -0.25) is 4.79 Å². The summed E-state index contributed by atoms with van der Waals surface area (Å²) in [6.07, 6.45) is 0.513. The van der Waals surface area contributed by atoms with Gasteiger partial charge < -0.3 is 26.0 Å². The van der Waals surface area contributed by atoms with Gasteiger partial charge in [0.2, 0.25) is 0 Å². The van der Waals surface area contributed by atoms with Crippen molar-refractivity contribution in [1.82, 2.24) is 10.6 Å². The lowest BCUT2D eigenvalue weighted by Gasteiger charge is -2.28. The first-order valence-electron chi connectivity index (χ1n) is 11.6. The number of halogens is 1. The number of carbonyl (C=O) groups is 1. The second-order valence-corrected chi connectivity index (χ2v) is 9.71. The maximum absolute atomic E-state index is 12.7. The van der Waals surface area contributed by atoms with E-state index in [1.807, 2.05) is 56.3 Å².